The van der Waals surface area contributed by atoms with Crippen molar-refractivity contribution in [1.82, 2.24) is 25.0 Å². The molecule has 3 aromatic heterocycles. The number of hydrogen-bond acceptors (Lipinski definition) is 6. The molecule has 9 heteroatoms. The number of ether oxygens (including phenoxy) is 1. The van der Waals surface area contributed by atoms with E-state index in [1.807, 2.05) is 53.2 Å². The van der Waals surface area contributed by atoms with Gasteiger partial charge in [-0.15, -0.1) is 0 Å². The van der Waals surface area contributed by atoms with Crippen molar-refractivity contribution in [3.05, 3.63) is 66.3 Å². The molecule has 0 unspecified atom stereocenters. The van der Waals surface area contributed by atoms with Crippen LogP contribution >= 0.6 is 0 Å². The second-order valence-electron chi connectivity index (χ2n) is 7.06. The first-order valence-corrected chi connectivity index (χ1v) is 9.68. The summed E-state index contributed by atoms with van der Waals surface area (Å²) in [6.45, 7) is 2.16. The van der Waals surface area contributed by atoms with Crippen LogP contribution in [0.15, 0.2) is 64.5 Å². The van der Waals surface area contributed by atoms with Gasteiger partial charge in [0.25, 0.3) is 0 Å². The molecule has 9 nitrogen and oxygen atoms in total. The summed E-state index contributed by atoms with van der Waals surface area (Å²) < 4.78 is 12.5. The van der Waals surface area contributed by atoms with Crippen LogP contribution in [0.3, 0.4) is 0 Å². The first-order valence-electron chi connectivity index (χ1n) is 9.68. The van der Waals surface area contributed by atoms with Gasteiger partial charge in [0.05, 0.1) is 19.3 Å². The summed E-state index contributed by atoms with van der Waals surface area (Å²) in [4.78, 5) is 7.52. The SMILES string of the molecule is COc1ccc2[nH]cc(/C(=N/O)NCn3ccc4c(-c5noc(C)n5)cccc43)c2c1. The molecule has 0 bridgehead atoms. The number of hydrogen-bond donors (Lipinski definition) is 3. The highest BCUT2D eigenvalue weighted by molar-refractivity contribution is 6.09. The van der Waals surface area contributed by atoms with Crippen molar-refractivity contribution in [2.24, 2.45) is 5.16 Å². The van der Waals surface area contributed by atoms with Gasteiger partial charge in [0.1, 0.15) is 5.75 Å². The van der Waals surface area contributed by atoms with Gasteiger partial charge in [-0.3, -0.25) is 0 Å². The van der Waals surface area contributed by atoms with Crippen LogP contribution in [-0.2, 0) is 6.67 Å². The fourth-order valence-corrected chi connectivity index (χ4v) is 3.73. The Hall–Kier alpha value is -4.27. The number of aryl methyl sites for hydroxylation is 1. The lowest BCUT2D eigenvalue weighted by Crippen LogP contribution is -2.26. The van der Waals surface area contributed by atoms with E-state index in [1.54, 1.807) is 20.2 Å². The normalized spacial score (nSPS) is 12.0. The Kier molecular flexibility index (Phi) is 4.55. The predicted molar refractivity (Wildman–Crippen MR) is 116 cm³/mol. The van der Waals surface area contributed by atoms with Gasteiger partial charge in [-0.05, 0) is 30.3 Å². The third-order valence-electron chi connectivity index (χ3n) is 5.24. The molecule has 156 valence electrons. The van der Waals surface area contributed by atoms with Crippen molar-refractivity contribution in [2.45, 2.75) is 13.6 Å². The minimum atomic E-state index is 0.353. The minimum Gasteiger partial charge on any atom is -0.497 e. The number of H-pyrrole nitrogens is 1. The van der Waals surface area contributed by atoms with Gasteiger partial charge < -0.3 is 29.3 Å². The van der Waals surface area contributed by atoms with Gasteiger partial charge in [-0.25, -0.2) is 0 Å². The Morgan fingerprint density at radius 3 is 2.94 bits per heavy atom. The molecule has 0 atom stereocenters. The molecule has 0 amide bonds. The van der Waals surface area contributed by atoms with Crippen molar-refractivity contribution in [3.63, 3.8) is 0 Å². The standard InChI is InChI=1S/C22H20N6O3/c1-13-25-22(27-31-13)16-4-3-5-20-15(16)8-9-28(20)12-24-21(26-29)18-11-23-19-7-6-14(30-2)10-17(18)19/h3-11,23,29H,12H2,1-2H3,(H,24,26). The molecule has 3 N–H and O–H groups in total. The van der Waals surface area contributed by atoms with E-state index < -0.39 is 0 Å². The van der Waals surface area contributed by atoms with Crippen molar-refractivity contribution < 1.29 is 14.5 Å². The van der Waals surface area contributed by atoms with Gasteiger partial charge in [0.2, 0.25) is 11.7 Å². The highest BCUT2D eigenvalue weighted by Crippen LogP contribution is 2.28. The van der Waals surface area contributed by atoms with E-state index in [4.69, 9.17) is 9.26 Å². The summed E-state index contributed by atoms with van der Waals surface area (Å²) in [5.41, 5.74) is 3.55. The highest BCUT2D eigenvalue weighted by atomic mass is 16.5. The maximum atomic E-state index is 9.66. The van der Waals surface area contributed by atoms with E-state index in [0.717, 1.165) is 38.7 Å². The minimum absolute atomic E-state index is 0.353. The third-order valence-corrected chi connectivity index (χ3v) is 5.24. The number of amidine groups is 1. The van der Waals surface area contributed by atoms with Gasteiger partial charge in [-0.2, -0.15) is 4.98 Å². The van der Waals surface area contributed by atoms with Gasteiger partial charge >= 0.3 is 0 Å². The number of rotatable bonds is 5. The third kappa shape index (κ3) is 3.25. The molecule has 0 fully saturated rings. The summed E-state index contributed by atoms with van der Waals surface area (Å²) in [5.74, 6) is 2.16. The molecule has 0 aliphatic carbocycles. The van der Waals surface area contributed by atoms with E-state index in [1.165, 1.54) is 0 Å². The summed E-state index contributed by atoms with van der Waals surface area (Å²) in [6, 6.07) is 13.6. The van der Waals surface area contributed by atoms with E-state index in [0.29, 0.717) is 24.2 Å². The molecule has 2 aromatic carbocycles. The zero-order chi connectivity index (χ0) is 21.4. The van der Waals surface area contributed by atoms with Crippen LogP contribution in [0.1, 0.15) is 11.5 Å². The molecule has 0 saturated carbocycles. The predicted octanol–water partition coefficient (Wildman–Crippen LogP) is 3.87. The lowest BCUT2D eigenvalue weighted by Gasteiger charge is -2.11. The number of aromatic amines is 1. The van der Waals surface area contributed by atoms with Crippen LogP contribution in [0.2, 0.25) is 0 Å². The molecule has 0 aliphatic heterocycles. The molecule has 5 aromatic rings. The van der Waals surface area contributed by atoms with Crippen LogP contribution in [0.4, 0.5) is 0 Å². The molecule has 0 spiro atoms. The highest BCUT2D eigenvalue weighted by Gasteiger charge is 2.14. The van der Waals surface area contributed by atoms with Gasteiger partial charge in [-0.1, -0.05) is 22.4 Å². The van der Waals surface area contributed by atoms with E-state index in [2.05, 4.69) is 25.6 Å². The quantitative estimate of drug-likeness (QED) is 0.173. The Bertz CT molecular complexity index is 1410. The fraction of sp³-hybridized carbons (Fsp3) is 0.136. The van der Waals surface area contributed by atoms with Crippen LogP contribution < -0.4 is 10.1 Å². The molecular weight excluding hydrogens is 396 g/mol. The Balaban J connectivity index is 1.44. The second kappa shape index (κ2) is 7.52. The van der Waals surface area contributed by atoms with E-state index >= 15 is 0 Å². The molecule has 3 heterocycles. The van der Waals surface area contributed by atoms with Crippen molar-refractivity contribution in [1.29, 1.82) is 0 Å². The van der Waals surface area contributed by atoms with Crippen LogP contribution in [0.25, 0.3) is 33.2 Å². The first kappa shape index (κ1) is 18.7. The van der Waals surface area contributed by atoms with Crippen LogP contribution in [0.5, 0.6) is 5.75 Å². The molecule has 0 saturated heterocycles. The Labute approximate surface area is 176 Å². The molecule has 0 radical (unpaired) electrons. The second-order valence-corrected chi connectivity index (χ2v) is 7.06. The zero-order valence-corrected chi connectivity index (χ0v) is 17.0. The van der Waals surface area contributed by atoms with Crippen molar-refractivity contribution in [3.8, 4) is 17.1 Å². The largest absolute Gasteiger partial charge is 0.497 e. The smallest absolute Gasteiger partial charge is 0.223 e. The first-order chi connectivity index (χ1) is 15.2. The average Bonchev–Trinajstić information content (AvgIpc) is 3.52. The molecule has 0 aliphatic rings. The average molecular weight is 416 g/mol. The topological polar surface area (TPSA) is 113 Å². The number of nitrogens with one attached hydrogen (secondary N) is 2. The zero-order valence-electron chi connectivity index (χ0n) is 17.0. The van der Waals surface area contributed by atoms with Gasteiger partial charge in [0.15, 0.2) is 5.84 Å². The van der Waals surface area contributed by atoms with Crippen LogP contribution in [-0.4, -0.2) is 37.8 Å². The molecule has 31 heavy (non-hydrogen) atoms. The molecule has 5 rings (SSSR count). The lowest BCUT2D eigenvalue weighted by atomic mass is 10.1. The Morgan fingerprint density at radius 2 is 2.16 bits per heavy atom. The summed E-state index contributed by atoms with van der Waals surface area (Å²) >= 11 is 0. The maximum absolute atomic E-state index is 9.66. The van der Waals surface area contributed by atoms with E-state index in [-0.39, 0.29) is 0 Å². The van der Waals surface area contributed by atoms with Gasteiger partial charge in [0, 0.05) is 46.7 Å². The number of aromatic nitrogens is 4. The number of benzene rings is 2. The monoisotopic (exact) mass is 416 g/mol. The summed E-state index contributed by atoms with van der Waals surface area (Å²) in [7, 11) is 1.62. The summed E-state index contributed by atoms with van der Waals surface area (Å²) in [6.07, 6.45) is 3.76. The maximum Gasteiger partial charge on any atom is 0.223 e. The van der Waals surface area contributed by atoms with E-state index in [9.17, 15) is 5.21 Å². The number of oxime groups is 1. The number of methoxy groups -OCH3 is 1. The molecular formula is C22H20N6O3. The Morgan fingerprint density at radius 1 is 1.26 bits per heavy atom. The lowest BCUT2D eigenvalue weighted by molar-refractivity contribution is 0.316. The number of nitrogens with zero attached hydrogens (tertiary/aromatic N) is 4. The number of fused-ring (bicyclic) bond motifs is 2. The van der Waals surface area contributed by atoms with Crippen LogP contribution in [0, 0.1) is 6.92 Å². The summed E-state index contributed by atoms with van der Waals surface area (Å²) in [5, 5.41) is 22.3. The fourth-order valence-electron chi connectivity index (χ4n) is 3.73. The van der Waals surface area contributed by atoms with Crippen molar-refractivity contribution >= 4 is 27.6 Å². The van der Waals surface area contributed by atoms with Crippen molar-refractivity contribution in [2.75, 3.05) is 7.11 Å².